The summed E-state index contributed by atoms with van der Waals surface area (Å²) in [6, 6.07) is 4.18. The Labute approximate surface area is 126 Å². The molecule has 0 unspecified atom stereocenters. The Bertz CT molecular complexity index is 624. The molecule has 0 saturated heterocycles. The van der Waals surface area contributed by atoms with E-state index in [-0.39, 0.29) is 0 Å². The van der Waals surface area contributed by atoms with Gasteiger partial charge in [0.1, 0.15) is 5.82 Å². The molecule has 0 aliphatic carbocycles. The molecular weight excluding hydrogens is 260 g/mol. The smallest absolute Gasteiger partial charge is 0.128 e. The Morgan fingerprint density at radius 2 is 2.19 bits per heavy atom. The molecule has 3 rings (SSSR count). The molecule has 0 aromatic carbocycles. The summed E-state index contributed by atoms with van der Waals surface area (Å²) in [6.07, 6.45) is 6.98. The minimum absolute atomic E-state index is 0.941. The number of hydrogen-bond acceptors (Lipinski definition) is 4. The molecule has 2 aromatic rings. The van der Waals surface area contributed by atoms with E-state index >= 15 is 0 Å². The van der Waals surface area contributed by atoms with Crippen LogP contribution >= 0.6 is 0 Å². The average Bonchev–Trinajstić information content (AvgIpc) is 2.50. The number of aryl methyl sites for hydroxylation is 2. The van der Waals surface area contributed by atoms with Crippen molar-refractivity contribution in [3.05, 3.63) is 52.9 Å². The molecule has 0 N–H and O–H groups in total. The summed E-state index contributed by atoms with van der Waals surface area (Å²) >= 11 is 0. The van der Waals surface area contributed by atoms with Gasteiger partial charge in [-0.1, -0.05) is 13.0 Å². The Morgan fingerprint density at radius 1 is 1.29 bits per heavy atom. The molecule has 1 aliphatic heterocycles. The highest BCUT2D eigenvalue weighted by Crippen LogP contribution is 2.19. The predicted molar refractivity (Wildman–Crippen MR) is 82.8 cm³/mol. The molecule has 3 heterocycles. The predicted octanol–water partition coefficient (Wildman–Crippen LogP) is 2.69. The normalized spacial score (nSPS) is 15.0. The number of hydrogen-bond donors (Lipinski definition) is 0. The second kappa shape index (κ2) is 6.31. The zero-order chi connectivity index (χ0) is 14.7. The topological polar surface area (TPSA) is 41.9 Å². The van der Waals surface area contributed by atoms with Crippen LogP contribution in [0.5, 0.6) is 0 Å². The van der Waals surface area contributed by atoms with E-state index in [1.165, 1.54) is 16.8 Å². The van der Waals surface area contributed by atoms with Gasteiger partial charge in [0.05, 0.1) is 0 Å². The van der Waals surface area contributed by atoms with Crippen molar-refractivity contribution in [1.82, 2.24) is 19.9 Å². The van der Waals surface area contributed by atoms with Crippen LogP contribution in [-0.2, 0) is 25.9 Å². The summed E-state index contributed by atoms with van der Waals surface area (Å²) in [5.74, 6) is 0.993. The standard InChI is InChI=1S/C17H22N4/c1-3-5-17-19-10-15-12-21(9-7-16(15)20-17)11-14-6-4-8-18-13(14)2/h4,6,8,10H,3,5,7,9,11-12H2,1-2H3. The van der Waals surface area contributed by atoms with Gasteiger partial charge in [-0.3, -0.25) is 9.88 Å². The first-order valence-electron chi connectivity index (χ1n) is 7.72. The van der Waals surface area contributed by atoms with E-state index < -0.39 is 0 Å². The SMILES string of the molecule is CCCc1ncc2c(n1)CCN(Cc1cccnc1C)C2. The molecule has 2 aromatic heterocycles. The molecular formula is C17H22N4. The average molecular weight is 282 g/mol. The lowest BCUT2D eigenvalue weighted by molar-refractivity contribution is 0.242. The summed E-state index contributed by atoms with van der Waals surface area (Å²) in [4.78, 5) is 16.0. The molecule has 21 heavy (non-hydrogen) atoms. The van der Waals surface area contributed by atoms with E-state index in [9.17, 15) is 0 Å². The third-order valence-electron chi connectivity index (χ3n) is 4.05. The van der Waals surface area contributed by atoms with E-state index in [4.69, 9.17) is 4.98 Å². The molecule has 0 radical (unpaired) electrons. The highest BCUT2D eigenvalue weighted by molar-refractivity contribution is 5.22. The zero-order valence-electron chi connectivity index (χ0n) is 12.8. The molecule has 0 saturated carbocycles. The fraction of sp³-hybridized carbons (Fsp3) is 0.471. The van der Waals surface area contributed by atoms with Crippen molar-refractivity contribution in [2.24, 2.45) is 0 Å². The quantitative estimate of drug-likeness (QED) is 0.864. The van der Waals surface area contributed by atoms with Gasteiger partial charge in [0.15, 0.2) is 0 Å². The van der Waals surface area contributed by atoms with E-state index in [1.54, 1.807) is 0 Å². The number of pyridine rings is 1. The lowest BCUT2D eigenvalue weighted by atomic mass is 10.1. The van der Waals surface area contributed by atoms with Crippen LogP contribution < -0.4 is 0 Å². The first kappa shape index (κ1) is 14.1. The second-order valence-corrected chi connectivity index (χ2v) is 5.72. The molecule has 110 valence electrons. The van der Waals surface area contributed by atoms with Crippen molar-refractivity contribution in [3.63, 3.8) is 0 Å². The largest absolute Gasteiger partial charge is 0.294 e. The van der Waals surface area contributed by atoms with Crippen LogP contribution in [0, 0.1) is 6.92 Å². The van der Waals surface area contributed by atoms with Gasteiger partial charge >= 0.3 is 0 Å². The van der Waals surface area contributed by atoms with Gasteiger partial charge in [0.2, 0.25) is 0 Å². The fourth-order valence-electron chi connectivity index (χ4n) is 2.82. The van der Waals surface area contributed by atoms with Gasteiger partial charge in [0, 0.05) is 61.8 Å². The van der Waals surface area contributed by atoms with Crippen LogP contribution in [0.15, 0.2) is 24.5 Å². The Morgan fingerprint density at radius 3 is 3.00 bits per heavy atom. The number of rotatable bonds is 4. The monoisotopic (exact) mass is 282 g/mol. The molecule has 4 nitrogen and oxygen atoms in total. The lowest BCUT2D eigenvalue weighted by Crippen LogP contribution is -2.31. The van der Waals surface area contributed by atoms with Crippen molar-refractivity contribution in [2.75, 3.05) is 6.54 Å². The highest BCUT2D eigenvalue weighted by Gasteiger charge is 2.18. The van der Waals surface area contributed by atoms with Crippen LogP contribution in [0.2, 0.25) is 0 Å². The van der Waals surface area contributed by atoms with E-state index in [0.29, 0.717) is 0 Å². The maximum absolute atomic E-state index is 4.71. The Hall–Kier alpha value is -1.81. The van der Waals surface area contributed by atoms with Crippen LogP contribution in [0.25, 0.3) is 0 Å². The summed E-state index contributed by atoms with van der Waals surface area (Å²) in [5, 5.41) is 0. The van der Waals surface area contributed by atoms with Gasteiger partial charge in [-0.05, 0) is 25.0 Å². The van der Waals surface area contributed by atoms with Gasteiger partial charge < -0.3 is 0 Å². The molecule has 4 heteroatoms. The fourth-order valence-corrected chi connectivity index (χ4v) is 2.82. The van der Waals surface area contributed by atoms with Crippen LogP contribution in [0.4, 0.5) is 0 Å². The molecule has 0 atom stereocenters. The van der Waals surface area contributed by atoms with Crippen molar-refractivity contribution in [3.8, 4) is 0 Å². The third kappa shape index (κ3) is 3.27. The van der Waals surface area contributed by atoms with Crippen molar-refractivity contribution < 1.29 is 0 Å². The molecule has 0 fully saturated rings. The van der Waals surface area contributed by atoms with Crippen LogP contribution in [0.3, 0.4) is 0 Å². The maximum Gasteiger partial charge on any atom is 0.128 e. The van der Waals surface area contributed by atoms with Crippen molar-refractivity contribution in [2.45, 2.75) is 46.2 Å². The van der Waals surface area contributed by atoms with E-state index in [2.05, 4.69) is 34.8 Å². The van der Waals surface area contributed by atoms with Gasteiger partial charge in [-0.2, -0.15) is 0 Å². The minimum Gasteiger partial charge on any atom is -0.294 e. The summed E-state index contributed by atoms with van der Waals surface area (Å²) in [7, 11) is 0. The van der Waals surface area contributed by atoms with E-state index in [0.717, 1.165) is 50.4 Å². The van der Waals surface area contributed by atoms with Gasteiger partial charge in [0.25, 0.3) is 0 Å². The third-order valence-corrected chi connectivity index (χ3v) is 4.05. The van der Waals surface area contributed by atoms with E-state index in [1.807, 2.05) is 18.5 Å². The Kier molecular flexibility index (Phi) is 4.25. The minimum atomic E-state index is 0.941. The van der Waals surface area contributed by atoms with Gasteiger partial charge in [-0.15, -0.1) is 0 Å². The molecule has 1 aliphatic rings. The number of fused-ring (bicyclic) bond motifs is 1. The summed E-state index contributed by atoms with van der Waals surface area (Å²) < 4.78 is 0. The summed E-state index contributed by atoms with van der Waals surface area (Å²) in [5.41, 5.74) is 4.96. The molecule has 0 spiro atoms. The maximum atomic E-state index is 4.71. The number of aromatic nitrogens is 3. The zero-order valence-corrected chi connectivity index (χ0v) is 12.8. The van der Waals surface area contributed by atoms with Crippen molar-refractivity contribution in [1.29, 1.82) is 0 Å². The lowest BCUT2D eigenvalue weighted by Gasteiger charge is -2.28. The molecule has 0 bridgehead atoms. The number of nitrogens with zero attached hydrogens (tertiary/aromatic N) is 4. The highest BCUT2D eigenvalue weighted by atomic mass is 15.1. The first-order chi connectivity index (χ1) is 10.3. The second-order valence-electron chi connectivity index (χ2n) is 5.72. The van der Waals surface area contributed by atoms with Gasteiger partial charge in [-0.25, -0.2) is 9.97 Å². The van der Waals surface area contributed by atoms with Crippen LogP contribution in [-0.4, -0.2) is 26.4 Å². The molecule has 0 amide bonds. The van der Waals surface area contributed by atoms with Crippen LogP contribution in [0.1, 0.15) is 41.7 Å². The van der Waals surface area contributed by atoms with Crippen molar-refractivity contribution >= 4 is 0 Å². The Balaban J connectivity index is 1.71. The first-order valence-corrected chi connectivity index (χ1v) is 7.72. The summed E-state index contributed by atoms with van der Waals surface area (Å²) in [6.45, 7) is 7.20.